The molecule has 7 heteroatoms. The molecule has 1 atom stereocenters. The molecule has 0 radical (unpaired) electrons. The number of esters is 1. The number of rotatable bonds is 9. The Balaban J connectivity index is 1.38. The minimum Gasteiger partial charge on any atom is -0.492 e. The topological polar surface area (TPSA) is 66.5 Å². The van der Waals surface area contributed by atoms with Crippen LogP contribution in [0.3, 0.4) is 0 Å². The minimum atomic E-state index is -0.401. The molecule has 0 bridgehead atoms. The fourth-order valence-corrected chi connectivity index (χ4v) is 4.37. The summed E-state index contributed by atoms with van der Waals surface area (Å²) in [6.07, 6.45) is 4.94. The highest BCUT2D eigenvalue weighted by Crippen LogP contribution is 2.26. The second-order valence-electron chi connectivity index (χ2n) is 7.62. The molecule has 0 unspecified atom stereocenters. The third-order valence-electron chi connectivity index (χ3n) is 5.40. The largest absolute Gasteiger partial charge is 0.492 e. The van der Waals surface area contributed by atoms with Crippen LogP contribution in [0.25, 0.3) is 11.5 Å². The maximum absolute atomic E-state index is 12.3. The minimum absolute atomic E-state index is 0.264. The van der Waals surface area contributed by atoms with Crippen LogP contribution in [0.15, 0.2) is 77.5 Å². The van der Waals surface area contributed by atoms with Gasteiger partial charge in [0.25, 0.3) is 0 Å². The fourth-order valence-electron chi connectivity index (χ4n) is 3.64. The van der Waals surface area contributed by atoms with Crippen LogP contribution in [0, 0.1) is 10.5 Å². The maximum Gasteiger partial charge on any atom is 0.329 e. The van der Waals surface area contributed by atoms with E-state index < -0.39 is 6.04 Å². The highest BCUT2D eigenvalue weighted by atomic mass is 127. The van der Waals surface area contributed by atoms with Crippen molar-refractivity contribution in [2.45, 2.75) is 25.8 Å². The van der Waals surface area contributed by atoms with Gasteiger partial charge in [-0.3, -0.25) is 0 Å². The Morgan fingerprint density at radius 2 is 1.88 bits per heavy atom. The lowest BCUT2D eigenvalue weighted by Gasteiger charge is -2.17. The van der Waals surface area contributed by atoms with E-state index in [1.807, 2.05) is 84.5 Å². The molecule has 6 nitrogen and oxygen atoms in total. The van der Waals surface area contributed by atoms with Gasteiger partial charge in [0.15, 0.2) is 0 Å². The zero-order chi connectivity index (χ0) is 23.2. The normalized spacial score (nSPS) is 11.8. The summed E-state index contributed by atoms with van der Waals surface area (Å²) in [5.74, 6) is 1.98. The second-order valence-corrected chi connectivity index (χ2v) is 8.79. The number of aryl methyl sites for hydroxylation is 1. The SMILES string of the molecule is COC(=O)[C@H](Cc1ccc(OCCc2nc(-c3ccccc3)oc2C)c(I)c1)n1cccc1. The first-order chi connectivity index (χ1) is 16.0. The van der Waals surface area contributed by atoms with Crippen molar-refractivity contribution in [2.24, 2.45) is 0 Å². The molecule has 0 aliphatic rings. The van der Waals surface area contributed by atoms with Crippen LogP contribution in [0.2, 0.25) is 0 Å². The molecule has 0 aliphatic heterocycles. The highest BCUT2D eigenvalue weighted by molar-refractivity contribution is 14.1. The lowest BCUT2D eigenvalue weighted by molar-refractivity contribution is -0.144. The van der Waals surface area contributed by atoms with E-state index in [-0.39, 0.29) is 5.97 Å². The van der Waals surface area contributed by atoms with Crippen LogP contribution in [-0.2, 0) is 22.4 Å². The van der Waals surface area contributed by atoms with Gasteiger partial charge in [-0.25, -0.2) is 9.78 Å². The van der Waals surface area contributed by atoms with Gasteiger partial charge in [0.1, 0.15) is 17.6 Å². The number of carbonyl (C=O) groups excluding carboxylic acids is 1. The van der Waals surface area contributed by atoms with Crippen LogP contribution < -0.4 is 4.74 Å². The van der Waals surface area contributed by atoms with Crippen LogP contribution in [-0.4, -0.2) is 29.2 Å². The number of carbonyl (C=O) groups is 1. The Bertz CT molecular complexity index is 1200. The quantitative estimate of drug-likeness (QED) is 0.197. The van der Waals surface area contributed by atoms with E-state index in [0.29, 0.717) is 25.3 Å². The predicted octanol–water partition coefficient (Wildman–Crippen LogP) is 5.63. The van der Waals surface area contributed by atoms with E-state index in [2.05, 4.69) is 27.6 Å². The van der Waals surface area contributed by atoms with Crippen LogP contribution >= 0.6 is 22.6 Å². The zero-order valence-electron chi connectivity index (χ0n) is 18.5. The number of halogens is 1. The van der Waals surface area contributed by atoms with E-state index in [1.165, 1.54) is 7.11 Å². The summed E-state index contributed by atoms with van der Waals surface area (Å²) in [7, 11) is 1.42. The first-order valence-electron chi connectivity index (χ1n) is 10.7. The predicted molar refractivity (Wildman–Crippen MR) is 134 cm³/mol. The molecule has 0 N–H and O–H groups in total. The third-order valence-corrected chi connectivity index (χ3v) is 6.24. The molecular formula is C26H25IN2O4. The summed E-state index contributed by atoms with van der Waals surface area (Å²) in [5.41, 5.74) is 2.90. The number of aromatic nitrogens is 2. The molecule has 0 aliphatic carbocycles. The van der Waals surface area contributed by atoms with Crippen molar-refractivity contribution in [3.8, 4) is 17.2 Å². The summed E-state index contributed by atoms with van der Waals surface area (Å²) in [4.78, 5) is 16.9. The number of methoxy groups -OCH3 is 1. The Kier molecular flexibility index (Phi) is 7.49. The van der Waals surface area contributed by atoms with Gasteiger partial charge in [0.2, 0.25) is 5.89 Å². The smallest absolute Gasteiger partial charge is 0.329 e. The highest BCUT2D eigenvalue weighted by Gasteiger charge is 2.21. The average molecular weight is 556 g/mol. The standard InChI is InChI=1S/C26H25IN2O4/c1-18-22(28-25(33-18)20-8-4-3-5-9-20)12-15-32-24-11-10-19(16-21(24)27)17-23(26(30)31-2)29-13-6-7-14-29/h3-11,13-14,16,23H,12,15,17H2,1-2H3/t23-/m0/s1. The van der Waals surface area contributed by atoms with Gasteiger partial charge in [-0.1, -0.05) is 24.3 Å². The van der Waals surface area contributed by atoms with E-state index in [4.69, 9.17) is 13.9 Å². The molecule has 4 aromatic rings. The van der Waals surface area contributed by atoms with Crippen LogP contribution in [0.4, 0.5) is 0 Å². The molecule has 0 fully saturated rings. The Morgan fingerprint density at radius 3 is 2.58 bits per heavy atom. The number of nitrogens with zero attached hydrogens (tertiary/aromatic N) is 2. The molecule has 0 saturated carbocycles. The van der Waals surface area contributed by atoms with Gasteiger partial charge in [-0.2, -0.15) is 0 Å². The molecule has 170 valence electrons. The Morgan fingerprint density at radius 1 is 1.12 bits per heavy atom. The van der Waals surface area contributed by atoms with Crippen molar-refractivity contribution in [1.29, 1.82) is 0 Å². The Hall–Kier alpha value is -3.07. The van der Waals surface area contributed by atoms with Gasteiger partial charge in [-0.15, -0.1) is 0 Å². The zero-order valence-corrected chi connectivity index (χ0v) is 20.7. The van der Waals surface area contributed by atoms with Crippen molar-refractivity contribution in [3.05, 3.63) is 93.6 Å². The summed E-state index contributed by atoms with van der Waals surface area (Å²) in [6.45, 7) is 2.42. The number of ether oxygens (including phenoxy) is 2. The van der Waals surface area contributed by atoms with Crippen molar-refractivity contribution in [2.75, 3.05) is 13.7 Å². The maximum atomic E-state index is 12.3. The van der Waals surface area contributed by atoms with Gasteiger partial charge in [0.05, 0.1) is 23.0 Å². The molecule has 0 saturated heterocycles. The number of hydrogen-bond acceptors (Lipinski definition) is 5. The molecule has 33 heavy (non-hydrogen) atoms. The average Bonchev–Trinajstić information content (AvgIpc) is 3.49. The third kappa shape index (κ3) is 5.65. The van der Waals surface area contributed by atoms with E-state index >= 15 is 0 Å². The van der Waals surface area contributed by atoms with Gasteiger partial charge in [0, 0.05) is 30.8 Å². The number of benzene rings is 2. The molecule has 0 spiro atoms. The number of oxazole rings is 1. The monoisotopic (exact) mass is 556 g/mol. The molecule has 0 amide bonds. The van der Waals surface area contributed by atoms with E-state index in [0.717, 1.165) is 31.9 Å². The molecule has 2 heterocycles. The Labute approximate surface area is 206 Å². The molecule has 2 aromatic heterocycles. The summed E-state index contributed by atoms with van der Waals surface area (Å²) in [5, 5.41) is 0. The van der Waals surface area contributed by atoms with E-state index in [1.54, 1.807) is 0 Å². The van der Waals surface area contributed by atoms with Gasteiger partial charge < -0.3 is 18.5 Å². The first-order valence-corrected chi connectivity index (χ1v) is 11.8. The lowest BCUT2D eigenvalue weighted by Crippen LogP contribution is -2.22. The van der Waals surface area contributed by atoms with Crippen molar-refractivity contribution in [3.63, 3.8) is 0 Å². The first kappa shape index (κ1) is 23.1. The van der Waals surface area contributed by atoms with Gasteiger partial charge >= 0.3 is 5.97 Å². The summed E-state index contributed by atoms with van der Waals surface area (Å²) >= 11 is 2.26. The van der Waals surface area contributed by atoms with Crippen molar-refractivity contribution >= 4 is 28.6 Å². The molecule has 4 rings (SSSR count). The summed E-state index contributed by atoms with van der Waals surface area (Å²) < 4.78 is 19.7. The second kappa shape index (κ2) is 10.7. The number of hydrogen-bond donors (Lipinski definition) is 0. The van der Waals surface area contributed by atoms with Crippen molar-refractivity contribution in [1.82, 2.24) is 9.55 Å². The van der Waals surface area contributed by atoms with Crippen LogP contribution in [0.1, 0.15) is 23.1 Å². The fraction of sp³-hybridized carbons (Fsp3) is 0.231. The lowest BCUT2D eigenvalue weighted by atomic mass is 10.1. The van der Waals surface area contributed by atoms with Crippen LogP contribution in [0.5, 0.6) is 5.75 Å². The summed E-state index contributed by atoms with van der Waals surface area (Å²) in [6, 6.07) is 19.3. The van der Waals surface area contributed by atoms with E-state index in [9.17, 15) is 4.79 Å². The molecular weight excluding hydrogens is 531 g/mol. The van der Waals surface area contributed by atoms with Crippen molar-refractivity contribution < 1.29 is 18.7 Å². The van der Waals surface area contributed by atoms with Gasteiger partial charge in [-0.05, 0) is 71.5 Å². The molecule has 2 aromatic carbocycles.